The molecule has 0 unspecified atom stereocenters. The fraction of sp³-hybridized carbons (Fsp3) is 0.700. The fourth-order valence-electron chi connectivity index (χ4n) is 10.6. The highest BCUT2D eigenvalue weighted by molar-refractivity contribution is 7.91. The highest BCUT2D eigenvalue weighted by atomic mass is 32.2. The molecule has 12 nitrogen and oxygen atoms in total. The lowest BCUT2D eigenvalue weighted by atomic mass is 9.77. The van der Waals surface area contributed by atoms with Crippen molar-refractivity contribution < 1.29 is 41.8 Å². The molecule has 1 N–H and O–H groups in total. The normalized spacial score (nSPS) is 29.9. The van der Waals surface area contributed by atoms with Crippen LogP contribution in [0.2, 0.25) is 0 Å². The fourth-order valence-corrected chi connectivity index (χ4v) is 11.9. The van der Waals surface area contributed by atoms with Gasteiger partial charge in [-0.1, -0.05) is 83.9 Å². The van der Waals surface area contributed by atoms with Crippen molar-refractivity contribution in [1.82, 2.24) is 14.6 Å². The molecular weight excluding hydrogens is 819 g/mol. The molecule has 8 rings (SSSR count). The zero-order valence-electron chi connectivity index (χ0n) is 38.0. The minimum atomic E-state index is -3.96. The number of ether oxygens (including phenoxy) is 3. The molecule has 1 aromatic carbocycles. The summed E-state index contributed by atoms with van der Waals surface area (Å²) in [7, 11) is -3.96. The van der Waals surface area contributed by atoms with Gasteiger partial charge in [0.25, 0.3) is 0 Å². The number of ketones is 1. The number of aromatic nitrogens is 1. The second kappa shape index (κ2) is 18.1. The van der Waals surface area contributed by atoms with E-state index in [-0.39, 0.29) is 50.0 Å². The molecule has 7 atom stereocenters. The first-order valence-corrected chi connectivity index (χ1v) is 25.4. The van der Waals surface area contributed by atoms with Crippen LogP contribution in [-0.2, 0) is 40.4 Å². The van der Waals surface area contributed by atoms with Gasteiger partial charge in [0.1, 0.15) is 18.0 Å². The number of hydrogen-bond acceptors (Lipinski definition) is 10. The maximum atomic E-state index is 15.0. The number of pyridine rings is 1. The van der Waals surface area contributed by atoms with Gasteiger partial charge in [-0.05, 0) is 100 Å². The third kappa shape index (κ3) is 9.98. The van der Waals surface area contributed by atoms with Crippen LogP contribution >= 0.6 is 0 Å². The van der Waals surface area contributed by atoms with Gasteiger partial charge in [-0.2, -0.15) is 0 Å². The number of esters is 1. The van der Waals surface area contributed by atoms with Crippen LogP contribution in [0.3, 0.4) is 0 Å². The highest BCUT2D eigenvalue weighted by Gasteiger charge is 2.62. The second-order valence-electron chi connectivity index (χ2n) is 21.2. The van der Waals surface area contributed by atoms with E-state index in [1.807, 2.05) is 45.0 Å². The van der Waals surface area contributed by atoms with E-state index in [2.05, 4.69) is 11.3 Å². The molecule has 2 aliphatic heterocycles. The van der Waals surface area contributed by atoms with E-state index in [1.165, 1.54) is 32.1 Å². The molecule has 2 amide bonds. The SMILES string of the molecule is C=C[C@@H]1C[C@]1(CC(=O)[C@@H]1C[C@@H]2CN1C(=O)[C@H](C(C)(C)C)CC(=O)O[C@@H]1C[C@H]1CCCCCc1c(nc3ccccc3c1OCCCCC1CCCC1)O2)C(=O)NS(=O)(=O)C1(C)CC1. The van der Waals surface area contributed by atoms with Crippen molar-refractivity contribution in [2.45, 2.75) is 173 Å². The summed E-state index contributed by atoms with van der Waals surface area (Å²) in [6.45, 7) is 11.9. The number of amides is 2. The molecule has 63 heavy (non-hydrogen) atoms. The predicted molar refractivity (Wildman–Crippen MR) is 240 cm³/mol. The van der Waals surface area contributed by atoms with Crippen molar-refractivity contribution in [1.29, 1.82) is 0 Å². The number of unbranched alkanes of at least 4 members (excludes halogenated alkanes) is 1. The maximum absolute atomic E-state index is 15.0. The molecular formula is C50H69N3O9S. The number of carbonyl (C=O) groups excluding carboxylic acids is 4. The molecule has 2 aromatic rings. The lowest BCUT2D eigenvalue weighted by Crippen LogP contribution is -2.49. The van der Waals surface area contributed by atoms with Crippen LogP contribution in [0.4, 0.5) is 0 Å². The smallest absolute Gasteiger partial charge is 0.306 e. The van der Waals surface area contributed by atoms with Gasteiger partial charge in [-0.15, -0.1) is 6.58 Å². The number of benzene rings is 1. The van der Waals surface area contributed by atoms with Gasteiger partial charge >= 0.3 is 5.97 Å². The summed E-state index contributed by atoms with van der Waals surface area (Å²) in [6.07, 6.45) is 15.6. The molecule has 1 saturated heterocycles. The minimum Gasteiger partial charge on any atom is -0.492 e. The van der Waals surface area contributed by atoms with Gasteiger partial charge in [0, 0.05) is 18.2 Å². The van der Waals surface area contributed by atoms with E-state index in [0.29, 0.717) is 37.7 Å². The lowest BCUT2D eigenvalue weighted by Gasteiger charge is -2.34. The molecule has 0 spiro atoms. The van der Waals surface area contributed by atoms with Gasteiger partial charge in [0.2, 0.25) is 27.7 Å². The van der Waals surface area contributed by atoms with Crippen LogP contribution in [0.5, 0.6) is 11.6 Å². The van der Waals surface area contributed by atoms with Crippen LogP contribution in [0.25, 0.3) is 10.9 Å². The van der Waals surface area contributed by atoms with Crippen LogP contribution in [0.15, 0.2) is 36.9 Å². The van der Waals surface area contributed by atoms with Crippen molar-refractivity contribution in [3.8, 4) is 11.6 Å². The molecule has 6 aliphatic rings. The van der Waals surface area contributed by atoms with Crippen molar-refractivity contribution in [2.75, 3.05) is 13.2 Å². The van der Waals surface area contributed by atoms with E-state index in [1.54, 1.807) is 17.9 Å². The summed E-state index contributed by atoms with van der Waals surface area (Å²) in [5, 5.41) is 0.923. The number of para-hydroxylation sites is 1. The third-order valence-electron chi connectivity index (χ3n) is 15.4. The van der Waals surface area contributed by atoms with E-state index in [0.717, 1.165) is 73.1 Å². The van der Waals surface area contributed by atoms with Crippen LogP contribution in [-0.4, -0.2) is 78.0 Å². The molecule has 0 radical (unpaired) electrons. The first-order chi connectivity index (χ1) is 30.0. The van der Waals surface area contributed by atoms with Crippen molar-refractivity contribution >= 4 is 44.5 Å². The number of rotatable bonds is 13. The number of nitrogens with one attached hydrogen (secondary N) is 1. The summed E-state index contributed by atoms with van der Waals surface area (Å²) in [5.74, 6) is -0.722. The minimum absolute atomic E-state index is 0.0592. The Morgan fingerprint density at radius 1 is 1.02 bits per heavy atom. The number of carbonyl (C=O) groups is 4. The number of allylic oxidation sites excluding steroid dienone is 1. The van der Waals surface area contributed by atoms with E-state index in [4.69, 9.17) is 19.2 Å². The molecule has 1 aromatic heterocycles. The van der Waals surface area contributed by atoms with E-state index in [9.17, 15) is 27.6 Å². The molecule has 3 heterocycles. The van der Waals surface area contributed by atoms with Gasteiger partial charge in [0.15, 0.2) is 5.78 Å². The predicted octanol–water partition coefficient (Wildman–Crippen LogP) is 8.57. The van der Waals surface area contributed by atoms with E-state index < -0.39 is 61.5 Å². The molecule has 4 aliphatic carbocycles. The highest BCUT2D eigenvalue weighted by Crippen LogP contribution is 2.57. The Labute approximate surface area is 374 Å². The van der Waals surface area contributed by atoms with Gasteiger partial charge in [-0.25, -0.2) is 13.4 Å². The van der Waals surface area contributed by atoms with Crippen molar-refractivity contribution in [2.24, 2.45) is 34.5 Å². The Morgan fingerprint density at radius 2 is 1.76 bits per heavy atom. The van der Waals surface area contributed by atoms with Gasteiger partial charge in [0.05, 0.1) is 52.8 Å². The first-order valence-electron chi connectivity index (χ1n) is 23.9. The standard InChI is InChI=1S/C50H69N3O9S/c1-6-34-29-50(34,47(57)52-63(58,59)49(5)23-24-49)30-41(54)40-27-35-31-53(40)46(56)38(48(2,3)4)28-43(55)62-42-26-33(42)19-8-7-9-21-37-44(60-25-15-14-18-32-16-10-11-17-32)36-20-12-13-22-39(36)51-45(37)61-35/h6,12-13,20,22,32-35,38,40,42H,1,7-11,14-19,21,23-31H2,2-5H3,(H,52,57)/t33-,34-,35-,38-,40+,42-,50-/m1/s1. The molecule has 13 heteroatoms. The van der Waals surface area contributed by atoms with Crippen LogP contribution in [0, 0.1) is 34.5 Å². The molecule has 5 fully saturated rings. The lowest BCUT2D eigenvalue weighted by molar-refractivity contribution is -0.154. The average Bonchev–Trinajstić information content (AvgIpc) is 4.18. The summed E-state index contributed by atoms with van der Waals surface area (Å²) in [6, 6.07) is 6.94. The summed E-state index contributed by atoms with van der Waals surface area (Å²) in [5.41, 5.74) is -0.350. The first kappa shape index (κ1) is 45.6. The Balaban J connectivity index is 1.11. The number of Topliss-reactive ketones (excluding diaryl/α,β-unsaturated/α-hetero) is 1. The molecule has 344 valence electrons. The van der Waals surface area contributed by atoms with Crippen molar-refractivity contribution in [3.63, 3.8) is 0 Å². The van der Waals surface area contributed by atoms with Crippen LogP contribution < -0.4 is 14.2 Å². The Hall–Kier alpha value is -4.00. The Bertz CT molecular complexity index is 2190. The zero-order valence-corrected chi connectivity index (χ0v) is 38.8. The number of sulfonamides is 1. The van der Waals surface area contributed by atoms with Crippen LogP contribution in [0.1, 0.15) is 149 Å². The average molecular weight is 888 g/mol. The Kier molecular flexibility index (Phi) is 13.1. The molecule has 4 saturated carbocycles. The zero-order chi connectivity index (χ0) is 44.7. The largest absolute Gasteiger partial charge is 0.492 e. The maximum Gasteiger partial charge on any atom is 0.306 e. The number of hydrogen-bond donors (Lipinski definition) is 1. The Morgan fingerprint density at radius 3 is 2.48 bits per heavy atom. The second-order valence-corrected chi connectivity index (χ2v) is 23.4. The summed E-state index contributed by atoms with van der Waals surface area (Å²) < 4.78 is 47.3. The number of fused-ring (bicyclic) bond motifs is 5. The monoisotopic (exact) mass is 887 g/mol. The van der Waals surface area contributed by atoms with Crippen molar-refractivity contribution in [3.05, 3.63) is 42.5 Å². The topological polar surface area (TPSA) is 158 Å². The summed E-state index contributed by atoms with van der Waals surface area (Å²) >= 11 is 0. The van der Waals surface area contributed by atoms with E-state index >= 15 is 0 Å². The number of nitrogens with zero attached hydrogens (tertiary/aromatic N) is 2. The van der Waals surface area contributed by atoms with Gasteiger partial charge in [-0.3, -0.25) is 23.9 Å². The summed E-state index contributed by atoms with van der Waals surface area (Å²) in [4.78, 5) is 63.8. The third-order valence-corrected chi connectivity index (χ3v) is 17.5. The quantitative estimate of drug-likeness (QED) is 0.117. The molecule has 2 bridgehead atoms. The van der Waals surface area contributed by atoms with Gasteiger partial charge < -0.3 is 19.1 Å².